The Kier molecular flexibility index (Phi) is 2.17. The molecule has 0 unspecified atom stereocenters. The summed E-state index contributed by atoms with van der Waals surface area (Å²) in [7, 11) is 0. The molecule has 2 aliphatic rings. The summed E-state index contributed by atoms with van der Waals surface area (Å²) in [6.07, 6.45) is 0. The number of guanidine groups is 1. The van der Waals surface area contributed by atoms with Gasteiger partial charge in [0.2, 0.25) is 0 Å². The number of piperazine rings is 1. The third kappa shape index (κ3) is 1.53. The largest absolute Gasteiger partial charge is 0.354 e. The van der Waals surface area contributed by atoms with Crippen LogP contribution in [0.1, 0.15) is 6.92 Å². The van der Waals surface area contributed by atoms with Crippen LogP contribution in [-0.4, -0.2) is 49.6 Å². The molecule has 4 nitrogen and oxygen atoms in total. The standard InChI is InChI=1S/C8H16N4/c1-7-6-12(5-4-9-7)8-10-2-3-11-8/h7,9H,2-6H2,1H3,(H,10,11)/t7-/m0/s1. The molecule has 0 aliphatic carbocycles. The summed E-state index contributed by atoms with van der Waals surface area (Å²) in [5, 5.41) is 6.71. The van der Waals surface area contributed by atoms with E-state index in [9.17, 15) is 0 Å². The first-order valence-electron chi connectivity index (χ1n) is 4.63. The molecular weight excluding hydrogens is 152 g/mol. The van der Waals surface area contributed by atoms with Crippen LogP contribution in [0.2, 0.25) is 0 Å². The van der Waals surface area contributed by atoms with E-state index in [4.69, 9.17) is 0 Å². The lowest BCUT2D eigenvalue weighted by atomic mass is 10.2. The molecule has 0 aromatic heterocycles. The zero-order valence-corrected chi connectivity index (χ0v) is 7.51. The number of nitrogens with one attached hydrogen (secondary N) is 2. The summed E-state index contributed by atoms with van der Waals surface area (Å²) >= 11 is 0. The molecule has 12 heavy (non-hydrogen) atoms. The third-order valence-corrected chi connectivity index (χ3v) is 2.32. The van der Waals surface area contributed by atoms with E-state index < -0.39 is 0 Å². The van der Waals surface area contributed by atoms with Crippen molar-refractivity contribution < 1.29 is 0 Å². The van der Waals surface area contributed by atoms with Crippen LogP contribution < -0.4 is 10.6 Å². The van der Waals surface area contributed by atoms with Crippen molar-refractivity contribution in [3.63, 3.8) is 0 Å². The van der Waals surface area contributed by atoms with E-state index in [1.807, 2.05) is 0 Å². The van der Waals surface area contributed by atoms with Crippen molar-refractivity contribution in [2.45, 2.75) is 13.0 Å². The normalized spacial score (nSPS) is 29.9. The molecule has 2 heterocycles. The second-order valence-electron chi connectivity index (χ2n) is 3.43. The maximum absolute atomic E-state index is 4.40. The van der Waals surface area contributed by atoms with Gasteiger partial charge in [-0.2, -0.15) is 0 Å². The van der Waals surface area contributed by atoms with Gasteiger partial charge < -0.3 is 15.5 Å². The Morgan fingerprint density at radius 3 is 3.08 bits per heavy atom. The molecule has 0 saturated carbocycles. The first-order valence-corrected chi connectivity index (χ1v) is 4.63. The van der Waals surface area contributed by atoms with Gasteiger partial charge >= 0.3 is 0 Å². The summed E-state index contributed by atoms with van der Waals surface area (Å²) in [4.78, 5) is 6.73. The van der Waals surface area contributed by atoms with Crippen molar-refractivity contribution >= 4 is 5.96 Å². The number of nitrogens with zero attached hydrogens (tertiary/aromatic N) is 2. The Balaban J connectivity index is 1.94. The number of aliphatic imine (C=N–C) groups is 1. The highest BCUT2D eigenvalue weighted by atomic mass is 15.3. The van der Waals surface area contributed by atoms with Crippen molar-refractivity contribution in [3.8, 4) is 0 Å². The fourth-order valence-corrected chi connectivity index (χ4v) is 1.72. The van der Waals surface area contributed by atoms with Crippen LogP contribution in [0.25, 0.3) is 0 Å². The fourth-order valence-electron chi connectivity index (χ4n) is 1.72. The summed E-state index contributed by atoms with van der Waals surface area (Å²) in [6.45, 7) is 7.38. The molecule has 0 bridgehead atoms. The van der Waals surface area contributed by atoms with Gasteiger partial charge in [0.15, 0.2) is 5.96 Å². The van der Waals surface area contributed by atoms with Crippen LogP contribution >= 0.6 is 0 Å². The minimum atomic E-state index is 0.587. The van der Waals surface area contributed by atoms with Crippen LogP contribution in [0.15, 0.2) is 4.99 Å². The summed E-state index contributed by atoms with van der Waals surface area (Å²) < 4.78 is 0. The van der Waals surface area contributed by atoms with Crippen molar-refractivity contribution in [1.82, 2.24) is 15.5 Å². The van der Waals surface area contributed by atoms with E-state index >= 15 is 0 Å². The summed E-state index contributed by atoms with van der Waals surface area (Å²) in [5.41, 5.74) is 0. The molecule has 2 aliphatic heterocycles. The molecule has 0 radical (unpaired) electrons. The van der Waals surface area contributed by atoms with Gasteiger partial charge in [0.25, 0.3) is 0 Å². The number of rotatable bonds is 0. The Bertz CT molecular complexity index is 189. The minimum absolute atomic E-state index is 0.587. The van der Waals surface area contributed by atoms with Crippen LogP contribution in [0.4, 0.5) is 0 Å². The van der Waals surface area contributed by atoms with E-state index in [2.05, 4.69) is 27.4 Å². The third-order valence-electron chi connectivity index (χ3n) is 2.32. The van der Waals surface area contributed by atoms with Gasteiger partial charge in [-0.3, -0.25) is 4.99 Å². The molecule has 0 aromatic carbocycles. The van der Waals surface area contributed by atoms with Crippen molar-refractivity contribution in [2.24, 2.45) is 4.99 Å². The van der Waals surface area contributed by atoms with E-state index in [-0.39, 0.29) is 0 Å². The lowest BCUT2D eigenvalue weighted by Gasteiger charge is -2.33. The lowest BCUT2D eigenvalue weighted by molar-refractivity contribution is 0.298. The molecule has 4 heteroatoms. The van der Waals surface area contributed by atoms with Crippen molar-refractivity contribution in [1.29, 1.82) is 0 Å². The molecule has 0 spiro atoms. The summed E-state index contributed by atoms with van der Waals surface area (Å²) in [5.74, 6) is 1.10. The number of hydrogen-bond acceptors (Lipinski definition) is 4. The lowest BCUT2D eigenvalue weighted by Crippen LogP contribution is -2.53. The average molecular weight is 168 g/mol. The topological polar surface area (TPSA) is 39.7 Å². The Morgan fingerprint density at radius 1 is 1.50 bits per heavy atom. The van der Waals surface area contributed by atoms with Crippen molar-refractivity contribution in [2.75, 3.05) is 32.7 Å². The van der Waals surface area contributed by atoms with Gasteiger partial charge in [-0.05, 0) is 6.92 Å². The van der Waals surface area contributed by atoms with Crippen LogP contribution in [0.5, 0.6) is 0 Å². The smallest absolute Gasteiger partial charge is 0.194 e. The van der Waals surface area contributed by atoms with E-state index in [0.717, 1.165) is 38.7 Å². The molecule has 0 aromatic rings. The van der Waals surface area contributed by atoms with Gasteiger partial charge in [-0.1, -0.05) is 0 Å². The predicted octanol–water partition coefficient (Wildman–Crippen LogP) is -0.761. The minimum Gasteiger partial charge on any atom is -0.354 e. The molecule has 2 N–H and O–H groups in total. The zero-order valence-electron chi connectivity index (χ0n) is 7.51. The highest BCUT2D eigenvalue weighted by Gasteiger charge is 2.19. The molecule has 0 amide bonds. The Morgan fingerprint density at radius 2 is 2.42 bits per heavy atom. The van der Waals surface area contributed by atoms with E-state index in [1.54, 1.807) is 0 Å². The summed E-state index contributed by atoms with van der Waals surface area (Å²) in [6, 6.07) is 0.587. The maximum atomic E-state index is 4.40. The molecule has 2 rings (SSSR count). The highest BCUT2D eigenvalue weighted by molar-refractivity contribution is 5.81. The first-order chi connectivity index (χ1) is 5.86. The van der Waals surface area contributed by atoms with Gasteiger partial charge in [-0.25, -0.2) is 0 Å². The number of hydrogen-bond donors (Lipinski definition) is 2. The quantitative estimate of drug-likeness (QED) is 0.499. The average Bonchev–Trinajstić information content (AvgIpc) is 2.56. The second-order valence-corrected chi connectivity index (χ2v) is 3.43. The fraction of sp³-hybridized carbons (Fsp3) is 0.875. The van der Waals surface area contributed by atoms with Crippen LogP contribution in [-0.2, 0) is 0 Å². The van der Waals surface area contributed by atoms with E-state index in [0.29, 0.717) is 6.04 Å². The zero-order chi connectivity index (χ0) is 8.39. The predicted molar refractivity (Wildman–Crippen MR) is 49.3 cm³/mol. The van der Waals surface area contributed by atoms with Gasteiger partial charge in [-0.15, -0.1) is 0 Å². The van der Waals surface area contributed by atoms with E-state index in [1.165, 1.54) is 0 Å². The highest BCUT2D eigenvalue weighted by Crippen LogP contribution is 2.00. The van der Waals surface area contributed by atoms with Gasteiger partial charge in [0, 0.05) is 32.2 Å². The van der Waals surface area contributed by atoms with Gasteiger partial charge in [0.1, 0.15) is 0 Å². The SMILES string of the molecule is C[C@H]1CN(C2=NCCN2)CCN1. The van der Waals surface area contributed by atoms with Gasteiger partial charge in [0.05, 0.1) is 6.54 Å². The second kappa shape index (κ2) is 3.31. The molecule has 1 saturated heterocycles. The molecule has 68 valence electrons. The van der Waals surface area contributed by atoms with Crippen LogP contribution in [0.3, 0.4) is 0 Å². The Labute approximate surface area is 73.0 Å². The van der Waals surface area contributed by atoms with Crippen LogP contribution in [0, 0.1) is 0 Å². The molecular formula is C8H16N4. The first kappa shape index (κ1) is 7.86. The molecule has 1 fully saturated rings. The maximum Gasteiger partial charge on any atom is 0.194 e. The monoisotopic (exact) mass is 168 g/mol. The molecule has 1 atom stereocenters. The van der Waals surface area contributed by atoms with Crippen molar-refractivity contribution in [3.05, 3.63) is 0 Å². The Hall–Kier alpha value is -0.770.